The SMILES string of the molecule is CC(C)c1ccc2oc(-c3cc(Cl)ccc3O)nc2c1. The summed E-state index contributed by atoms with van der Waals surface area (Å²) in [5.74, 6) is 0.907. The van der Waals surface area contributed by atoms with Gasteiger partial charge in [-0.2, -0.15) is 0 Å². The fraction of sp³-hybridized carbons (Fsp3) is 0.188. The van der Waals surface area contributed by atoms with Crippen LogP contribution in [0.15, 0.2) is 40.8 Å². The summed E-state index contributed by atoms with van der Waals surface area (Å²) in [7, 11) is 0. The summed E-state index contributed by atoms with van der Waals surface area (Å²) in [6, 6.07) is 10.7. The second kappa shape index (κ2) is 4.84. The van der Waals surface area contributed by atoms with E-state index in [1.165, 1.54) is 11.6 Å². The van der Waals surface area contributed by atoms with Crippen molar-refractivity contribution in [2.75, 3.05) is 0 Å². The Hall–Kier alpha value is -2.00. The van der Waals surface area contributed by atoms with Gasteiger partial charge < -0.3 is 9.52 Å². The second-order valence-corrected chi connectivity index (χ2v) is 5.50. The van der Waals surface area contributed by atoms with Gasteiger partial charge in [-0.05, 0) is 41.8 Å². The maximum Gasteiger partial charge on any atom is 0.231 e. The van der Waals surface area contributed by atoms with Crippen molar-refractivity contribution in [1.82, 2.24) is 4.98 Å². The van der Waals surface area contributed by atoms with Gasteiger partial charge in [-0.25, -0.2) is 4.98 Å². The van der Waals surface area contributed by atoms with E-state index in [-0.39, 0.29) is 5.75 Å². The number of phenols is 1. The number of aromatic nitrogens is 1. The largest absolute Gasteiger partial charge is 0.507 e. The van der Waals surface area contributed by atoms with E-state index >= 15 is 0 Å². The molecule has 1 heterocycles. The van der Waals surface area contributed by atoms with Gasteiger partial charge in [-0.15, -0.1) is 0 Å². The van der Waals surface area contributed by atoms with Crippen molar-refractivity contribution in [3.05, 3.63) is 47.0 Å². The number of oxazole rings is 1. The minimum atomic E-state index is 0.102. The highest BCUT2D eigenvalue weighted by Crippen LogP contribution is 2.33. The molecule has 2 aromatic carbocycles. The van der Waals surface area contributed by atoms with Crippen molar-refractivity contribution < 1.29 is 9.52 Å². The summed E-state index contributed by atoms with van der Waals surface area (Å²) in [5.41, 5.74) is 3.18. The van der Waals surface area contributed by atoms with Crippen LogP contribution < -0.4 is 0 Å². The molecule has 1 N–H and O–H groups in total. The lowest BCUT2D eigenvalue weighted by atomic mass is 10.0. The molecule has 0 aliphatic rings. The molecule has 0 radical (unpaired) electrons. The molecule has 102 valence electrons. The molecule has 1 aromatic heterocycles. The van der Waals surface area contributed by atoms with Crippen molar-refractivity contribution in [3.8, 4) is 17.2 Å². The van der Waals surface area contributed by atoms with E-state index in [1.54, 1.807) is 12.1 Å². The zero-order valence-electron chi connectivity index (χ0n) is 11.2. The van der Waals surface area contributed by atoms with Crippen LogP contribution >= 0.6 is 11.6 Å². The molecular formula is C16H14ClNO2. The van der Waals surface area contributed by atoms with Crippen LogP contribution in [0, 0.1) is 0 Å². The molecule has 20 heavy (non-hydrogen) atoms. The zero-order valence-corrected chi connectivity index (χ0v) is 12.0. The highest BCUT2D eigenvalue weighted by atomic mass is 35.5. The second-order valence-electron chi connectivity index (χ2n) is 5.06. The average molecular weight is 288 g/mol. The highest BCUT2D eigenvalue weighted by molar-refractivity contribution is 6.30. The van der Waals surface area contributed by atoms with Crippen molar-refractivity contribution >= 4 is 22.7 Å². The van der Waals surface area contributed by atoms with E-state index in [0.29, 0.717) is 28.0 Å². The summed E-state index contributed by atoms with van der Waals surface area (Å²) in [4.78, 5) is 4.44. The zero-order chi connectivity index (χ0) is 14.3. The molecule has 4 heteroatoms. The molecule has 0 fully saturated rings. The third-order valence-corrected chi connectivity index (χ3v) is 3.50. The minimum Gasteiger partial charge on any atom is -0.507 e. The fourth-order valence-electron chi connectivity index (χ4n) is 2.10. The molecule has 3 rings (SSSR count). The lowest BCUT2D eigenvalue weighted by Crippen LogP contribution is -1.85. The van der Waals surface area contributed by atoms with Crippen LogP contribution in [0.5, 0.6) is 5.75 Å². The topological polar surface area (TPSA) is 46.3 Å². The molecule has 0 aliphatic carbocycles. The van der Waals surface area contributed by atoms with E-state index < -0.39 is 0 Å². The number of hydrogen-bond acceptors (Lipinski definition) is 3. The third-order valence-electron chi connectivity index (χ3n) is 3.27. The van der Waals surface area contributed by atoms with E-state index in [1.807, 2.05) is 18.2 Å². The molecule has 0 saturated heterocycles. The maximum absolute atomic E-state index is 9.90. The van der Waals surface area contributed by atoms with E-state index in [4.69, 9.17) is 16.0 Å². The standard InChI is InChI=1S/C16H14ClNO2/c1-9(2)10-3-6-15-13(7-10)18-16(20-15)12-8-11(17)4-5-14(12)19/h3-9,19H,1-2H3. The molecule has 0 amide bonds. The number of nitrogens with zero attached hydrogens (tertiary/aromatic N) is 1. The number of aromatic hydroxyl groups is 1. The number of phenolic OH excluding ortho intramolecular Hbond substituents is 1. The third kappa shape index (κ3) is 2.25. The summed E-state index contributed by atoms with van der Waals surface area (Å²) in [5, 5.41) is 10.4. The van der Waals surface area contributed by atoms with Crippen LogP contribution in [0.25, 0.3) is 22.6 Å². The molecule has 3 nitrogen and oxygen atoms in total. The van der Waals surface area contributed by atoms with Crippen molar-refractivity contribution in [2.45, 2.75) is 19.8 Å². The van der Waals surface area contributed by atoms with Crippen LogP contribution in [-0.4, -0.2) is 10.1 Å². The van der Waals surface area contributed by atoms with Gasteiger partial charge >= 0.3 is 0 Å². The summed E-state index contributed by atoms with van der Waals surface area (Å²) in [6.45, 7) is 4.26. The van der Waals surface area contributed by atoms with Crippen molar-refractivity contribution in [3.63, 3.8) is 0 Å². The first kappa shape index (κ1) is 13.0. The van der Waals surface area contributed by atoms with Gasteiger partial charge in [0.15, 0.2) is 5.58 Å². The van der Waals surface area contributed by atoms with Crippen LogP contribution in [0.3, 0.4) is 0 Å². The highest BCUT2D eigenvalue weighted by Gasteiger charge is 2.13. The van der Waals surface area contributed by atoms with E-state index in [2.05, 4.69) is 18.8 Å². The Balaban J connectivity index is 2.15. The first-order valence-electron chi connectivity index (χ1n) is 6.44. The van der Waals surface area contributed by atoms with Crippen molar-refractivity contribution in [1.29, 1.82) is 0 Å². The molecule has 0 atom stereocenters. The Morgan fingerprint density at radius 2 is 1.95 bits per heavy atom. The monoisotopic (exact) mass is 287 g/mol. The Bertz CT molecular complexity index is 777. The van der Waals surface area contributed by atoms with Crippen LogP contribution in [0.2, 0.25) is 5.02 Å². The first-order chi connectivity index (χ1) is 9.54. The molecule has 0 unspecified atom stereocenters. The first-order valence-corrected chi connectivity index (χ1v) is 6.82. The Morgan fingerprint density at radius 3 is 2.70 bits per heavy atom. The van der Waals surface area contributed by atoms with E-state index in [9.17, 15) is 5.11 Å². The van der Waals surface area contributed by atoms with Crippen LogP contribution in [0.4, 0.5) is 0 Å². The Morgan fingerprint density at radius 1 is 1.15 bits per heavy atom. The van der Waals surface area contributed by atoms with Gasteiger partial charge in [0.1, 0.15) is 11.3 Å². The predicted octanol–water partition coefficient (Wildman–Crippen LogP) is 4.98. The molecule has 0 saturated carbocycles. The smallest absolute Gasteiger partial charge is 0.231 e. The van der Waals surface area contributed by atoms with Crippen LogP contribution in [-0.2, 0) is 0 Å². The molecular weight excluding hydrogens is 274 g/mol. The number of benzene rings is 2. The van der Waals surface area contributed by atoms with Crippen molar-refractivity contribution in [2.24, 2.45) is 0 Å². The number of halogens is 1. The number of rotatable bonds is 2. The summed E-state index contributed by atoms with van der Waals surface area (Å²) >= 11 is 5.95. The molecule has 0 bridgehead atoms. The maximum atomic E-state index is 9.90. The van der Waals surface area contributed by atoms with Gasteiger partial charge in [0.05, 0.1) is 5.56 Å². The quantitative estimate of drug-likeness (QED) is 0.723. The van der Waals surface area contributed by atoms with E-state index in [0.717, 1.165) is 5.52 Å². The van der Waals surface area contributed by atoms with Gasteiger partial charge in [-0.3, -0.25) is 0 Å². The number of fused-ring (bicyclic) bond motifs is 1. The molecule has 3 aromatic rings. The van der Waals surface area contributed by atoms with Gasteiger partial charge in [-0.1, -0.05) is 31.5 Å². The molecule has 0 spiro atoms. The lowest BCUT2D eigenvalue weighted by molar-refractivity contribution is 0.474. The normalized spacial score (nSPS) is 11.4. The average Bonchev–Trinajstić information content (AvgIpc) is 2.83. The van der Waals surface area contributed by atoms with Crippen LogP contribution in [0.1, 0.15) is 25.3 Å². The summed E-state index contributed by atoms with van der Waals surface area (Å²) < 4.78 is 5.69. The Kier molecular flexibility index (Phi) is 3.14. The summed E-state index contributed by atoms with van der Waals surface area (Å²) in [6.07, 6.45) is 0. The Labute approximate surface area is 121 Å². The minimum absolute atomic E-state index is 0.102. The van der Waals surface area contributed by atoms with Gasteiger partial charge in [0.25, 0.3) is 0 Å². The van der Waals surface area contributed by atoms with Gasteiger partial charge in [0.2, 0.25) is 5.89 Å². The predicted molar refractivity (Wildman–Crippen MR) is 80.2 cm³/mol. The lowest BCUT2D eigenvalue weighted by Gasteiger charge is -2.02. The van der Waals surface area contributed by atoms with Gasteiger partial charge in [0, 0.05) is 5.02 Å². The molecule has 0 aliphatic heterocycles. The number of hydrogen-bond donors (Lipinski definition) is 1. The fourth-order valence-corrected chi connectivity index (χ4v) is 2.27.